The molecule has 19 rings (SSSR count). The molecule has 0 aromatic heterocycles. The Bertz CT molecular complexity index is 5990. The first kappa shape index (κ1) is 75.3. The van der Waals surface area contributed by atoms with Crippen LogP contribution in [0.1, 0.15) is 22.3 Å². The number of fused-ring (bicyclic) bond motifs is 2. The molecule has 0 N–H and O–H groups in total. The van der Waals surface area contributed by atoms with Gasteiger partial charge >= 0.3 is 0 Å². The number of benzene rings is 19. The van der Waals surface area contributed by atoms with Gasteiger partial charge in [0.15, 0.2) is 0 Å². The first-order valence-corrected chi connectivity index (χ1v) is 40.8. The quantitative estimate of drug-likeness (QED) is 0.0590. The summed E-state index contributed by atoms with van der Waals surface area (Å²) < 4.78 is 0. The summed E-state index contributed by atoms with van der Waals surface area (Å²) >= 11 is 0. The van der Waals surface area contributed by atoms with Crippen molar-refractivity contribution >= 4 is 148 Å². The van der Waals surface area contributed by atoms with E-state index in [2.05, 4.69) is 551 Å². The largest absolute Gasteiger partial charge is 0.311 e. The fraction of sp³-hybridized carbons (Fsp3) is 0. The number of hydrogen-bond acceptors (Lipinski definition) is 6. The van der Waals surface area contributed by atoms with Gasteiger partial charge in [0, 0.05) is 102 Å². The molecule has 6 nitrogen and oxygen atoms in total. The molecule has 0 heterocycles. The van der Waals surface area contributed by atoms with Gasteiger partial charge in [-0.15, -0.1) is 0 Å². The van der Waals surface area contributed by atoms with Gasteiger partial charge in [-0.25, -0.2) is 0 Å². The smallest absolute Gasteiger partial charge is 0.0540 e. The topological polar surface area (TPSA) is 19.4 Å². The lowest BCUT2D eigenvalue weighted by molar-refractivity contribution is 1.26. The summed E-state index contributed by atoms with van der Waals surface area (Å²) in [6.45, 7) is 0. The third-order valence-electron chi connectivity index (χ3n) is 21.6. The summed E-state index contributed by atoms with van der Waals surface area (Å²) in [5, 5.41) is 4.77. The molecule has 0 unspecified atom stereocenters. The van der Waals surface area contributed by atoms with Gasteiger partial charge < -0.3 is 29.4 Å². The molecule has 0 saturated carbocycles. The Morgan fingerprint density at radius 3 is 0.500 bits per heavy atom. The first-order valence-electron chi connectivity index (χ1n) is 40.8. The first-order chi connectivity index (χ1) is 59.5. The minimum Gasteiger partial charge on any atom is -0.311 e. The number of para-hydroxylation sites is 8. The Morgan fingerprint density at radius 2 is 0.275 bits per heavy atom. The molecule has 0 amide bonds. The number of rotatable bonds is 23. The van der Waals surface area contributed by atoms with E-state index in [1.807, 2.05) is 0 Å². The van der Waals surface area contributed by atoms with Crippen molar-refractivity contribution in [3.05, 3.63) is 520 Å². The molecule has 0 aliphatic rings. The van der Waals surface area contributed by atoms with E-state index >= 15 is 0 Å². The second-order valence-electron chi connectivity index (χ2n) is 29.3. The lowest BCUT2D eigenvalue weighted by Gasteiger charge is -2.29. The van der Waals surface area contributed by atoms with Gasteiger partial charge in [0.1, 0.15) is 0 Å². The van der Waals surface area contributed by atoms with Crippen molar-refractivity contribution in [1.82, 2.24) is 0 Å². The highest BCUT2D eigenvalue weighted by Crippen LogP contribution is 2.46. The highest BCUT2D eigenvalue weighted by molar-refractivity contribution is 6.01. The van der Waals surface area contributed by atoms with Gasteiger partial charge in [0.2, 0.25) is 0 Å². The average Bonchev–Trinajstić information content (AvgIpc) is 0.775. The van der Waals surface area contributed by atoms with Crippen molar-refractivity contribution in [1.29, 1.82) is 0 Å². The van der Waals surface area contributed by atoms with Crippen LogP contribution >= 0.6 is 0 Å². The molecule has 0 fully saturated rings. The van der Waals surface area contributed by atoms with Gasteiger partial charge in [-0.2, -0.15) is 0 Å². The summed E-state index contributed by atoms with van der Waals surface area (Å²) in [5.41, 5.74) is 26.9. The van der Waals surface area contributed by atoms with Crippen LogP contribution in [-0.2, 0) is 0 Å². The highest BCUT2D eigenvalue weighted by atomic mass is 15.2. The summed E-state index contributed by atoms with van der Waals surface area (Å²) in [7, 11) is 0. The van der Waals surface area contributed by atoms with Crippen LogP contribution in [0.4, 0.5) is 102 Å². The Kier molecular flexibility index (Phi) is 22.7. The zero-order valence-corrected chi connectivity index (χ0v) is 66.3. The molecule has 6 heteroatoms. The Hall–Kier alpha value is -16.0. The lowest BCUT2D eigenvalue weighted by atomic mass is 10.0. The van der Waals surface area contributed by atoms with Crippen LogP contribution in [0.3, 0.4) is 0 Å². The number of nitrogens with zero attached hydrogens (tertiary/aromatic N) is 6. The van der Waals surface area contributed by atoms with E-state index in [1.54, 1.807) is 0 Å². The van der Waals surface area contributed by atoms with Crippen LogP contribution in [0.25, 0.3) is 57.0 Å². The van der Waals surface area contributed by atoms with Gasteiger partial charge in [-0.1, -0.05) is 315 Å². The predicted octanol–water partition coefficient (Wildman–Crippen LogP) is 32.5. The zero-order valence-electron chi connectivity index (χ0n) is 66.3. The van der Waals surface area contributed by atoms with E-state index in [1.165, 1.54) is 21.5 Å². The SMILES string of the molecule is C(=Cc1ccc(N(c2ccccc2)c2ccccc2)cc1)c1ccc(C=Cc2ccc(N(c3ccccc3)c3ccccc3)cc2)cc1.c1ccc(N(c2ccccc2)c2ccc(N(c3ccc(-c4ccc(N(c5ccc(N(c6ccccc6)c6ccccc6)cc5)c5cccc6ccccc56)cc4)cc3)c3cccc4ccccc34)cc2)cc1. The molecule has 0 aliphatic heterocycles. The number of hydrogen-bond donors (Lipinski definition) is 0. The molecule has 572 valence electrons. The Morgan fingerprint density at radius 1 is 0.117 bits per heavy atom. The molecule has 0 spiro atoms. The van der Waals surface area contributed by atoms with Crippen molar-refractivity contribution < 1.29 is 0 Å². The summed E-state index contributed by atoms with van der Waals surface area (Å²) in [6.07, 6.45) is 8.66. The van der Waals surface area contributed by atoms with Gasteiger partial charge in [-0.05, 0) is 250 Å². The van der Waals surface area contributed by atoms with Crippen LogP contribution < -0.4 is 29.4 Å². The van der Waals surface area contributed by atoms with Crippen LogP contribution in [-0.4, -0.2) is 0 Å². The van der Waals surface area contributed by atoms with Crippen molar-refractivity contribution in [3.63, 3.8) is 0 Å². The molecular weight excluding hydrogens is 1450 g/mol. The second kappa shape index (κ2) is 36.2. The van der Waals surface area contributed by atoms with Crippen LogP contribution in [0, 0.1) is 0 Å². The molecular formula is C114H86N6. The molecule has 0 saturated heterocycles. The highest BCUT2D eigenvalue weighted by Gasteiger charge is 2.22. The fourth-order valence-electron chi connectivity index (χ4n) is 15.7. The molecule has 19 aromatic carbocycles. The minimum atomic E-state index is 1.07. The molecule has 0 aliphatic carbocycles. The lowest BCUT2D eigenvalue weighted by Crippen LogP contribution is -2.12. The van der Waals surface area contributed by atoms with Crippen molar-refractivity contribution in [3.8, 4) is 11.1 Å². The molecule has 19 aromatic rings. The van der Waals surface area contributed by atoms with Crippen molar-refractivity contribution in [2.75, 3.05) is 29.4 Å². The summed E-state index contributed by atoms with van der Waals surface area (Å²) in [4.78, 5) is 13.9. The minimum absolute atomic E-state index is 1.07. The van der Waals surface area contributed by atoms with E-state index in [0.29, 0.717) is 0 Å². The summed E-state index contributed by atoms with van der Waals surface area (Å²) in [6, 6.07) is 176. The van der Waals surface area contributed by atoms with E-state index in [4.69, 9.17) is 0 Å². The molecule has 120 heavy (non-hydrogen) atoms. The monoisotopic (exact) mass is 1540 g/mol. The maximum Gasteiger partial charge on any atom is 0.0540 e. The van der Waals surface area contributed by atoms with Gasteiger partial charge in [-0.3, -0.25) is 0 Å². The van der Waals surface area contributed by atoms with Crippen molar-refractivity contribution in [2.24, 2.45) is 0 Å². The van der Waals surface area contributed by atoms with Gasteiger partial charge in [0.05, 0.1) is 11.4 Å². The average molecular weight is 1540 g/mol. The van der Waals surface area contributed by atoms with Crippen LogP contribution in [0.15, 0.2) is 497 Å². The maximum atomic E-state index is 2.38. The third-order valence-corrected chi connectivity index (χ3v) is 21.6. The predicted molar refractivity (Wildman–Crippen MR) is 512 cm³/mol. The maximum absolute atomic E-state index is 2.38. The molecule has 0 radical (unpaired) electrons. The Balaban J connectivity index is 0.000000179. The molecule has 0 atom stereocenters. The van der Waals surface area contributed by atoms with E-state index < -0.39 is 0 Å². The van der Waals surface area contributed by atoms with E-state index in [-0.39, 0.29) is 0 Å². The third kappa shape index (κ3) is 17.2. The Labute approximate surface area is 703 Å². The van der Waals surface area contributed by atoms with E-state index in [0.717, 1.165) is 136 Å². The zero-order chi connectivity index (χ0) is 80.4. The summed E-state index contributed by atoms with van der Waals surface area (Å²) in [5.74, 6) is 0. The fourth-order valence-corrected chi connectivity index (χ4v) is 15.7. The number of anilines is 18. The van der Waals surface area contributed by atoms with Crippen LogP contribution in [0.5, 0.6) is 0 Å². The normalized spacial score (nSPS) is 11.1. The van der Waals surface area contributed by atoms with Crippen LogP contribution in [0.2, 0.25) is 0 Å². The second-order valence-corrected chi connectivity index (χ2v) is 29.3. The molecule has 0 bridgehead atoms. The standard InChI is InChI=1S/C68H50N4.C46H36N2/c1-5-23-55(24-6-1)69(56-25-7-2-8-26-56)59-43-47-63(48-44-59)71(67-33-17-21-53-19-13-15-31-65(53)67)61-39-35-51(36-40-61)52-37-41-62(42-38-52)72(68-34-18-22-54-20-14-16-32-66(54)68)64-49-45-60(46-50-64)70(57-27-9-3-10-28-57)58-29-11-4-12-30-58;1-5-13-41(14-6-1)47(42-15-7-2-8-16-42)45-33-29-39(30-34-45)27-25-37-21-23-38(24-22-37)26-28-40-31-35-46(36-32-40)48(43-17-9-3-10-18-43)44-19-11-4-12-20-44/h1-50H;1-36H. The van der Waals surface area contributed by atoms with Gasteiger partial charge in [0.25, 0.3) is 0 Å². The van der Waals surface area contributed by atoms with Crippen molar-refractivity contribution in [2.45, 2.75) is 0 Å². The van der Waals surface area contributed by atoms with E-state index in [9.17, 15) is 0 Å².